The second-order valence-electron chi connectivity index (χ2n) is 4.77. The number of carbonyl (C=O) groups is 2. The van der Waals surface area contributed by atoms with Crippen LogP contribution in [0.1, 0.15) is 30.6 Å². The number of nitrogens with zero attached hydrogens (tertiary/aromatic N) is 2. The molecule has 0 bridgehead atoms. The van der Waals surface area contributed by atoms with Gasteiger partial charge < -0.3 is 10.6 Å². The van der Waals surface area contributed by atoms with Crippen molar-refractivity contribution in [2.45, 2.75) is 24.6 Å². The van der Waals surface area contributed by atoms with Gasteiger partial charge in [0.05, 0.1) is 5.75 Å². The van der Waals surface area contributed by atoms with E-state index in [1.807, 2.05) is 0 Å². The fourth-order valence-corrected chi connectivity index (χ4v) is 3.40. The topological polar surface area (TPSA) is 84.0 Å². The van der Waals surface area contributed by atoms with Gasteiger partial charge in [0.25, 0.3) is 0 Å². The maximum Gasteiger partial charge on any atom is 0.221 e. The lowest BCUT2D eigenvalue weighted by Crippen LogP contribution is -2.06. The summed E-state index contributed by atoms with van der Waals surface area (Å²) in [7, 11) is 0. The number of hydrogen-bond donors (Lipinski definition) is 2. The molecule has 0 saturated heterocycles. The van der Waals surface area contributed by atoms with Crippen LogP contribution >= 0.6 is 23.1 Å². The summed E-state index contributed by atoms with van der Waals surface area (Å²) in [6.07, 6.45) is 1.02. The first-order chi connectivity index (χ1) is 11.1. The molecule has 0 unspecified atom stereocenters. The molecule has 2 rings (SSSR count). The fraction of sp³-hybridized carbons (Fsp3) is 0.333. The Labute approximate surface area is 143 Å². The Morgan fingerprint density at radius 1 is 1.22 bits per heavy atom. The fourth-order valence-electron chi connectivity index (χ4n) is 1.72. The summed E-state index contributed by atoms with van der Waals surface area (Å²) in [5.74, 6) is 0.188. The van der Waals surface area contributed by atoms with Crippen molar-refractivity contribution in [2.75, 3.05) is 22.9 Å². The molecule has 0 spiro atoms. The maximum absolute atomic E-state index is 12.2. The number of benzene rings is 1. The Kier molecular flexibility index (Phi) is 6.54. The van der Waals surface area contributed by atoms with E-state index in [9.17, 15) is 9.59 Å². The minimum Gasteiger partial charge on any atom is -0.360 e. The summed E-state index contributed by atoms with van der Waals surface area (Å²) in [6, 6.07) is 6.86. The summed E-state index contributed by atoms with van der Waals surface area (Å²) in [4.78, 5) is 23.1. The van der Waals surface area contributed by atoms with Crippen LogP contribution in [-0.2, 0) is 4.79 Å². The van der Waals surface area contributed by atoms with E-state index in [-0.39, 0.29) is 11.7 Å². The van der Waals surface area contributed by atoms with E-state index >= 15 is 0 Å². The van der Waals surface area contributed by atoms with Gasteiger partial charge in [-0.25, -0.2) is 0 Å². The van der Waals surface area contributed by atoms with E-state index in [4.69, 9.17) is 0 Å². The molecule has 6 nitrogen and oxygen atoms in total. The molecule has 0 radical (unpaired) electrons. The molecule has 0 saturated carbocycles. The summed E-state index contributed by atoms with van der Waals surface area (Å²) in [6.45, 7) is 4.39. The smallest absolute Gasteiger partial charge is 0.221 e. The van der Waals surface area contributed by atoms with Crippen LogP contribution < -0.4 is 10.6 Å². The quantitative estimate of drug-likeness (QED) is 0.561. The SMILES string of the molecule is CCCNc1nnc(SCC(=O)c2ccc(NC(C)=O)cc2)s1. The average Bonchev–Trinajstić information content (AvgIpc) is 2.98. The molecule has 122 valence electrons. The number of hydrogen-bond acceptors (Lipinski definition) is 7. The summed E-state index contributed by atoms with van der Waals surface area (Å²) < 4.78 is 0.770. The van der Waals surface area contributed by atoms with E-state index in [2.05, 4.69) is 27.8 Å². The van der Waals surface area contributed by atoms with E-state index in [0.29, 0.717) is 17.0 Å². The number of nitrogens with one attached hydrogen (secondary N) is 2. The number of Topliss-reactive ketones (excluding diaryl/α,β-unsaturated/α-hetero) is 1. The lowest BCUT2D eigenvalue weighted by molar-refractivity contribution is -0.114. The third-order valence-corrected chi connectivity index (χ3v) is 4.80. The molecule has 23 heavy (non-hydrogen) atoms. The summed E-state index contributed by atoms with van der Waals surface area (Å²) in [5, 5.41) is 14.7. The molecule has 1 heterocycles. The number of amides is 1. The Hall–Kier alpha value is -1.93. The second kappa shape index (κ2) is 8.64. The van der Waals surface area contributed by atoms with Gasteiger partial charge >= 0.3 is 0 Å². The van der Waals surface area contributed by atoms with Gasteiger partial charge in [-0.3, -0.25) is 9.59 Å². The van der Waals surface area contributed by atoms with Gasteiger partial charge in [0.1, 0.15) is 0 Å². The number of thioether (sulfide) groups is 1. The van der Waals surface area contributed by atoms with Crippen LogP contribution in [0.3, 0.4) is 0 Å². The normalized spacial score (nSPS) is 10.3. The molecular weight excluding hydrogens is 332 g/mol. The Bertz CT molecular complexity index is 670. The highest BCUT2D eigenvalue weighted by Gasteiger charge is 2.10. The first-order valence-electron chi connectivity index (χ1n) is 7.19. The van der Waals surface area contributed by atoms with Crippen molar-refractivity contribution in [2.24, 2.45) is 0 Å². The van der Waals surface area contributed by atoms with Crippen LogP contribution in [0.5, 0.6) is 0 Å². The maximum atomic E-state index is 12.2. The lowest BCUT2D eigenvalue weighted by atomic mass is 10.1. The van der Waals surface area contributed by atoms with Crippen LogP contribution in [0.25, 0.3) is 0 Å². The van der Waals surface area contributed by atoms with Gasteiger partial charge in [-0.15, -0.1) is 10.2 Å². The first kappa shape index (κ1) is 17.4. The van der Waals surface area contributed by atoms with Crippen LogP contribution in [0, 0.1) is 0 Å². The van der Waals surface area contributed by atoms with Crippen molar-refractivity contribution in [1.29, 1.82) is 0 Å². The molecule has 1 aromatic carbocycles. The highest BCUT2D eigenvalue weighted by atomic mass is 32.2. The summed E-state index contributed by atoms with van der Waals surface area (Å²) >= 11 is 2.83. The second-order valence-corrected chi connectivity index (χ2v) is 6.97. The zero-order valence-electron chi connectivity index (χ0n) is 13.0. The number of rotatable bonds is 8. The minimum absolute atomic E-state index is 0.0163. The molecule has 2 aromatic rings. The predicted octanol–water partition coefficient (Wildman–Crippen LogP) is 3.29. The van der Waals surface area contributed by atoms with Crippen LogP contribution in [0.4, 0.5) is 10.8 Å². The van der Waals surface area contributed by atoms with E-state index in [1.54, 1.807) is 24.3 Å². The van der Waals surface area contributed by atoms with E-state index < -0.39 is 0 Å². The molecule has 0 atom stereocenters. The van der Waals surface area contributed by atoms with Gasteiger partial charge in [-0.05, 0) is 30.7 Å². The third kappa shape index (κ3) is 5.65. The van der Waals surface area contributed by atoms with Gasteiger partial charge in [0, 0.05) is 24.7 Å². The van der Waals surface area contributed by atoms with E-state index in [1.165, 1.54) is 30.0 Å². The Morgan fingerprint density at radius 3 is 2.61 bits per heavy atom. The third-order valence-electron chi connectivity index (χ3n) is 2.79. The van der Waals surface area contributed by atoms with Crippen molar-refractivity contribution < 1.29 is 9.59 Å². The molecular formula is C15H18N4O2S2. The molecule has 0 aliphatic rings. The number of ketones is 1. The van der Waals surface area contributed by atoms with Gasteiger partial charge in [-0.2, -0.15) is 0 Å². The Morgan fingerprint density at radius 2 is 1.96 bits per heavy atom. The monoisotopic (exact) mass is 350 g/mol. The molecule has 8 heteroatoms. The zero-order chi connectivity index (χ0) is 16.7. The number of aromatic nitrogens is 2. The van der Waals surface area contributed by atoms with Gasteiger partial charge in [0.15, 0.2) is 10.1 Å². The van der Waals surface area contributed by atoms with Crippen molar-refractivity contribution in [3.05, 3.63) is 29.8 Å². The molecule has 1 aromatic heterocycles. The molecule has 0 aliphatic heterocycles. The largest absolute Gasteiger partial charge is 0.360 e. The molecule has 0 fully saturated rings. The zero-order valence-corrected chi connectivity index (χ0v) is 14.6. The van der Waals surface area contributed by atoms with Crippen LogP contribution in [-0.4, -0.2) is 34.2 Å². The van der Waals surface area contributed by atoms with Crippen molar-refractivity contribution in [1.82, 2.24) is 10.2 Å². The minimum atomic E-state index is -0.136. The van der Waals surface area contributed by atoms with Crippen LogP contribution in [0.2, 0.25) is 0 Å². The van der Waals surface area contributed by atoms with Crippen LogP contribution in [0.15, 0.2) is 28.6 Å². The molecule has 1 amide bonds. The highest BCUT2D eigenvalue weighted by molar-refractivity contribution is 8.01. The molecule has 2 N–H and O–H groups in total. The van der Waals surface area contributed by atoms with Crippen molar-refractivity contribution >= 4 is 45.6 Å². The van der Waals surface area contributed by atoms with Crippen molar-refractivity contribution in [3.8, 4) is 0 Å². The first-order valence-corrected chi connectivity index (χ1v) is 8.99. The Balaban J connectivity index is 1.86. The van der Waals surface area contributed by atoms with Gasteiger partial charge in [-0.1, -0.05) is 30.0 Å². The summed E-state index contributed by atoms with van der Waals surface area (Å²) in [5.41, 5.74) is 1.29. The van der Waals surface area contributed by atoms with Crippen molar-refractivity contribution in [3.63, 3.8) is 0 Å². The predicted molar refractivity (Wildman–Crippen MR) is 94.5 cm³/mol. The van der Waals surface area contributed by atoms with Gasteiger partial charge in [0.2, 0.25) is 11.0 Å². The van der Waals surface area contributed by atoms with E-state index in [0.717, 1.165) is 22.4 Å². The number of anilines is 2. The average molecular weight is 350 g/mol. The standard InChI is InChI=1S/C15H18N4O2S2/c1-3-8-16-14-18-19-15(23-14)22-9-13(21)11-4-6-12(7-5-11)17-10(2)20/h4-7H,3,8-9H2,1-2H3,(H,16,18)(H,17,20). The highest BCUT2D eigenvalue weighted by Crippen LogP contribution is 2.26. The molecule has 0 aliphatic carbocycles. The number of carbonyl (C=O) groups excluding carboxylic acids is 2. The lowest BCUT2D eigenvalue weighted by Gasteiger charge is -2.03.